The lowest BCUT2D eigenvalue weighted by Gasteiger charge is -2.36. The molecule has 0 saturated heterocycles. The van der Waals surface area contributed by atoms with Crippen LogP contribution in [0.4, 0.5) is 0 Å². The normalized spacial score (nSPS) is 18.5. The number of H-pyrrole nitrogens is 1. The molecule has 2 aromatic rings. The number of aromatic nitrogens is 2. The molecule has 1 aliphatic heterocycles. The molecule has 1 amide bonds. The van der Waals surface area contributed by atoms with Gasteiger partial charge in [0.05, 0.1) is 43.9 Å². The maximum atomic E-state index is 13.6. The van der Waals surface area contributed by atoms with Gasteiger partial charge in [0.25, 0.3) is 0 Å². The molecule has 1 fully saturated rings. The van der Waals surface area contributed by atoms with Crippen LogP contribution in [0.3, 0.4) is 0 Å². The Morgan fingerprint density at radius 1 is 1.19 bits per heavy atom. The molecule has 0 atom stereocenters. The summed E-state index contributed by atoms with van der Waals surface area (Å²) in [5.74, 6) is 1.60. The Morgan fingerprint density at radius 3 is 2.69 bits per heavy atom. The molecule has 0 spiro atoms. The highest BCUT2D eigenvalue weighted by Crippen LogP contribution is 2.45. The predicted molar refractivity (Wildman–Crippen MR) is 97.4 cm³/mol. The van der Waals surface area contributed by atoms with E-state index in [0.29, 0.717) is 18.0 Å². The van der Waals surface area contributed by atoms with E-state index in [1.807, 2.05) is 23.1 Å². The number of aromatic amines is 1. The van der Waals surface area contributed by atoms with E-state index in [-0.39, 0.29) is 5.91 Å². The van der Waals surface area contributed by atoms with Gasteiger partial charge in [-0.1, -0.05) is 18.9 Å². The minimum atomic E-state index is -0.461. The van der Waals surface area contributed by atoms with Crippen molar-refractivity contribution in [2.45, 2.75) is 44.1 Å². The molecule has 0 bridgehead atoms. The summed E-state index contributed by atoms with van der Waals surface area (Å²) in [6.45, 7) is 1.34. The van der Waals surface area contributed by atoms with E-state index >= 15 is 0 Å². The van der Waals surface area contributed by atoms with E-state index in [9.17, 15) is 4.79 Å². The highest BCUT2D eigenvalue weighted by atomic mass is 16.5. The summed E-state index contributed by atoms with van der Waals surface area (Å²) >= 11 is 0. The van der Waals surface area contributed by atoms with Gasteiger partial charge in [-0.2, -0.15) is 0 Å². The second-order valence-corrected chi connectivity index (χ2v) is 7.16. The van der Waals surface area contributed by atoms with E-state index < -0.39 is 5.41 Å². The second-order valence-electron chi connectivity index (χ2n) is 7.16. The van der Waals surface area contributed by atoms with Crippen LogP contribution in [-0.2, 0) is 23.2 Å². The maximum absolute atomic E-state index is 13.6. The Kier molecular flexibility index (Phi) is 4.34. The summed E-state index contributed by atoms with van der Waals surface area (Å²) in [6.07, 6.45) is 6.44. The molecule has 138 valence electrons. The van der Waals surface area contributed by atoms with Crippen molar-refractivity contribution >= 4 is 5.91 Å². The molecule has 6 nitrogen and oxygen atoms in total. The Labute approximate surface area is 153 Å². The zero-order valence-electron chi connectivity index (χ0n) is 15.4. The van der Waals surface area contributed by atoms with Crippen LogP contribution in [0.1, 0.15) is 42.6 Å². The van der Waals surface area contributed by atoms with Crippen molar-refractivity contribution in [1.29, 1.82) is 0 Å². The number of ether oxygens (including phenoxy) is 2. The average molecular weight is 355 g/mol. The number of carbonyl (C=O) groups excluding carboxylic acids is 1. The van der Waals surface area contributed by atoms with Crippen molar-refractivity contribution in [1.82, 2.24) is 14.9 Å². The maximum Gasteiger partial charge on any atom is 0.233 e. The fraction of sp³-hybridized carbons (Fsp3) is 0.500. The van der Waals surface area contributed by atoms with Gasteiger partial charge in [0.15, 0.2) is 11.5 Å². The molecule has 0 unspecified atom stereocenters. The lowest BCUT2D eigenvalue weighted by molar-refractivity contribution is -0.138. The van der Waals surface area contributed by atoms with Crippen LogP contribution in [0.15, 0.2) is 24.5 Å². The molecule has 0 radical (unpaired) electrons. The molecule has 6 heteroatoms. The molecule has 4 rings (SSSR count). The third-order valence-corrected chi connectivity index (χ3v) is 5.86. The highest BCUT2D eigenvalue weighted by molar-refractivity contribution is 5.89. The zero-order valence-corrected chi connectivity index (χ0v) is 15.4. The Morgan fingerprint density at radius 2 is 1.96 bits per heavy atom. The van der Waals surface area contributed by atoms with Crippen molar-refractivity contribution in [2.75, 3.05) is 20.8 Å². The van der Waals surface area contributed by atoms with Gasteiger partial charge in [-0.15, -0.1) is 0 Å². The molecule has 1 saturated carbocycles. The first-order valence-corrected chi connectivity index (χ1v) is 9.21. The van der Waals surface area contributed by atoms with Crippen molar-refractivity contribution in [3.63, 3.8) is 0 Å². The molecule has 2 aliphatic rings. The summed E-state index contributed by atoms with van der Waals surface area (Å²) in [5, 5.41) is 0. The van der Waals surface area contributed by atoms with Crippen LogP contribution in [-0.4, -0.2) is 41.5 Å². The van der Waals surface area contributed by atoms with E-state index in [1.54, 1.807) is 20.5 Å². The summed E-state index contributed by atoms with van der Waals surface area (Å²) in [6, 6.07) is 5.91. The number of hydrogen-bond donors (Lipinski definition) is 1. The molecule has 2 heterocycles. The third-order valence-electron chi connectivity index (χ3n) is 5.86. The lowest BCUT2D eigenvalue weighted by atomic mass is 9.77. The molecule has 1 aliphatic carbocycles. The first-order valence-electron chi connectivity index (χ1n) is 9.21. The van der Waals surface area contributed by atoms with Crippen LogP contribution >= 0.6 is 0 Å². The third kappa shape index (κ3) is 2.64. The Bertz CT molecular complexity index is 808. The largest absolute Gasteiger partial charge is 0.493 e. The average Bonchev–Trinajstić information content (AvgIpc) is 3.36. The number of rotatable bonds is 4. The number of methoxy groups -OCH3 is 2. The van der Waals surface area contributed by atoms with Gasteiger partial charge >= 0.3 is 0 Å². The van der Waals surface area contributed by atoms with Gasteiger partial charge in [-0.05, 0) is 30.5 Å². The standard InChI is InChI=1S/C20H25N3O3/c1-25-17-6-5-14(11-18(17)26-2)20(8-3-4-9-20)19(24)23-10-7-15-16(12-23)22-13-21-15/h5-6,11,13H,3-4,7-10,12H2,1-2H3,(H,21,22). The minimum Gasteiger partial charge on any atom is -0.493 e. The number of hydrogen-bond acceptors (Lipinski definition) is 4. The van der Waals surface area contributed by atoms with E-state index in [0.717, 1.165) is 55.6 Å². The van der Waals surface area contributed by atoms with Gasteiger partial charge in [0.2, 0.25) is 5.91 Å². The van der Waals surface area contributed by atoms with Crippen molar-refractivity contribution in [2.24, 2.45) is 0 Å². The van der Waals surface area contributed by atoms with Crippen LogP contribution in [0, 0.1) is 0 Å². The molecular weight excluding hydrogens is 330 g/mol. The highest BCUT2D eigenvalue weighted by Gasteiger charge is 2.45. The van der Waals surface area contributed by atoms with Crippen LogP contribution in [0.5, 0.6) is 11.5 Å². The number of imidazole rings is 1. The fourth-order valence-electron chi connectivity index (χ4n) is 4.43. The van der Waals surface area contributed by atoms with E-state index in [2.05, 4.69) is 9.97 Å². The van der Waals surface area contributed by atoms with Crippen molar-refractivity contribution < 1.29 is 14.3 Å². The summed E-state index contributed by atoms with van der Waals surface area (Å²) < 4.78 is 10.8. The summed E-state index contributed by atoms with van der Waals surface area (Å²) in [7, 11) is 3.26. The Hall–Kier alpha value is -2.50. The molecule has 26 heavy (non-hydrogen) atoms. The number of carbonyl (C=O) groups is 1. The van der Waals surface area contributed by atoms with Gasteiger partial charge in [0.1, 0.15) is 0 Å². The minimum absolute atomic E-state index is 0.225. The number of amides is 1. The van der Waals surface area contributed by atoms with Gasteiger partial charge in [-0.3, -0.25) is 4.79 Å². The molecule has 1 N–H and O–H groups in total. The monoisotopic (exact) mass is 355 g/mol. The summed E-state index contributed by atoms with van der Waals surface area (Å²) in [4.78, 5) is 23.1. The van der Waals surface area contributed by atoms with Gasteiger partial charge in [0, 0.05) is 13.0 Å². The number of benzene rings is 1. The van der Waals surface area contributed by atoms with Crippen molar-refractivity contribution in [3.8, 4) is 11.5 Å². The molecule has 1 aromatic heterocycles. The topological polar surface area (TPSA) is 67.5 Å². The molecular formula is C20H25N3O3. The molecule has 1 aromatic carbocycles. The number of nitrogens with zero attached hydrogens (tertiary/aromatic N) is 2. The second kappa shape index (κ2) is 6.67. The van der Waals surface area contributed by atoms with Crippen LogP contribution in [0.25, 0.3) is 0 Å². The first kappa shape index (κ1) is 16.9. The van der Waals surface area contributed by atoms with Crippen LogP contribution < -0.4 is 9.47 Å². The summed E-state index contributed by atoms with van der Waals surface area (Å²) in [5.41, 5.74) is 2.72. The van der Waals surface area contributed by atoms with Gasteiger partial charge in [-0.25, -0.2) is 4.98 Å². The predicted octanol–water partition coefficient (Wildman–Crippen LogP) is 2.82. The van der Waals surface area contributed by atoms with Crippen LogP contribution in [0.2, 0.25) is 0 Å². The zero-order chi connectivity index (χ0) is 18.1. The van der Waals surface area contributed by atoms with E-state index in [4.69, 9.17) is 9.47 Å². The van der Waals surface area contributed by atoms with E-state index in [1.165, 1.54) is 0 Å². The SMILES string of the molecule is COc1ccc(C2(C(=O)N3CCc4nc[nH]c4C3)CCCC2)cc1OC. The van der Waals surface area contributed by atoms with Crippen molar-refractivity contribution in [3.05, 3.63) is 41.5 Å². The quantitative estimate of drug-likeness (QED) is 0.916. The Balaban J connectivity index is 1.68. The van der Waals surface area contributed by atoms with Gasteiger partial charge < -0.3 is 19.4 Å². The smallest absolute Gasteiger partial charge is 0.233 e. The number of nitrogens with one attached hydrogen (secondary N) is 1. The fourth-order valence-corrected chi connectivity index (χ4v) is 4.43. The number of fused-ring (bicyclic) bond motifs is 1. The first-order chi connectivity index (χ1) is 12.7. The lowest BCUT2D eigenvalue weighted by Crippen LogP contribution is -2.47.